The molecule has 1 unspecified atom stereocenters. The highest BCUT2D eigenvalue weighted by atomic mass is 19.1. The van der Waals surface area contributed by atoms with E-state index in [1.54, 1.807) is 12.1 Å². The Kier molecular flexibility index (Phi) is 7.23. The van der Waals surface area contributed by atoms with Crippen molar-refractivity contribution in [1.82, 2.24) is 10.6 Å². The lowest BCUT2D eigenvalue weighted by atomic mass is 9.89. The van der Waals surface area contributed by atoms with E-state index in [9.17, 15) is 9.18 Å². The summed E-state index contributed by atoms with van der Waals surface area (Å²) in [5, 5.41) is 18.8. The van der Waals surface area contributed by atoms with Crippen LogP contribution in [0.2, 0.25) is 0 Å². The molecule has 3 atom stereocenters. The molecule has 168 valence electrons. The van der Waals surface area contributed by atoms with E-state index in [2.05, 4.69) is 26.9 Å². The Hall–Kier alpha value is -3.11. The average molecular weight is 436 g/mol. The molecule has 2 aliphatic rings. The van der Waals surface area contributed by atoms with Gasteiger partial charge in [0.25, 0.3) is 0 Å². The molecular weight excluding hydrogens is 405 g/mol. The van der Waals surface area contributed by atoms with Crippen molar-refractivity contribution in [1.29, 1.82) is 5.26 Å². The zero-order chi connectivity index (χ0) is 22.3. The van der Waals surface area contributed by atoms with Gasteiger partial charge in [-0.2, -0.15) is 5.26 Å². The molecule has 6 nitrogen and oxygen atoms in total. The van der Waals surface area contributed by atoms with E-state index in [-0.39, 0.29) is 23.9 Å². The number of carbonyl (C=O) groups excluding carboxylic acids is 1. The molecule has 1 saturated carbocycles. The number of benzene rings is 2. The lowest BCUT2D eigenvalue weighted by Crippen LogP contribution is -2.57. The van der Waals surface area contributed by atoms with Crippen LogP contribution in [0.4, 0.5) is 20.6 Å². The lowest BCUT2D eigenvalue weighted by molar-refractivity contribution is 0.226. The highest BCUT2D eigenvalue weighted by Gasteiger charge is 2.30. The van der Waals surface area contributed by atoms with Crippen molar-refractivity contribution < 1.29 is 9.18 Å². The molecule has 0 bridgehead atoms. The lowest BCUT2D eigenvalue weighted by Gasteiger charge is -2.40. The number of hydrogen-bond acceptors (Lipinski definition) is 4. The van der Waals surface area contributed by atoms with Crippen molar-refractivity contribution in [3.05, 3.63) is 59.9 Å². The Labute approximate surface area is 188 Å². The number of anilines is 2. The molecule has 1 heterocycles. The zero-order valence-electron chi connectivity index (χ0n) is 18.2. The maximum Gasteiger partial charge on any atom is 0.319 e. The fourth-order valence-corrected chi connectivity index (χ4v) is 4.77. The highest BCUT2D eigenvalue weighted by Crippen LogP contribution is 2.24. The van der Waals surface area contributed by atoms with E-state index in [0.29, 0.717) is 17.3 Å². The summed E-state index contributed by atoms with van der Waals surface area (Å²) >= 11 is 0. The Morgan fingerprint density at radius 3 is 2.41 bits per heavy atom. The minimum atomic E-state index is -0.324. The first-order valence-corrected chi connectivity index (χ1v) is 11.4. The summed E-state index contributed by atoms with van der Waals surface area (Å²) in [5.74, 6) is -0.324. The van der Waals surface area contributed by atoms with Crippen LogP contribution >= 0.6 is 0 Å². The number of urea groups is 1. The zero-order valence-corrected chi connectivity index (χ0v) is 18.2. The van der Waals surface area contributed by atoms with Gasteiger partial charge in [0, 0.05) is 42.6 Å². The number of nitrogens with one attached hydrogen (secondary N) is 3. The van der Waals surface area contributed by atoms with Gasteiger partial charge in [0.15, 0.2) is 0 Å². The largest absolute Gasteiger partial charge is 0.370 e. The van der Waals surface area contributed by atoms with E-state index in [0.717, 1.165) is 57.3 Å². The molecule has 2 fully saturated rings. The summed E-state index contributed by atoms with van der Waals surface area (Å²) in [6.45, 7) is 1.92. The summed E-state index contributed by atoms with van der Waals surface area (Å²) in [4.78, 5) is 14.9. The molecule has 1 aliphatic carbocycles. The van der Waals surface area contributed by atoms with Gasteiger partial charge in [0.1, 0.15) is 5.82 Å². The van der Waals surface area contributed by atoms with Crippen molar-refractivity contribution in [2.24, 2.45) is 0 Å². The fraction of sp³-hybridized carbons (Fsp3) is 0.440. The number of rotatable bonds is 5. The first-order chi connectivity index (χ1) is 15.6. The molecule has 1 aliphatic heterocycles. The minimum Gasteiger partial charge on any atom is -0.370 e. The fourth-order valence-electron chi connectivity index (χ4n) is 4.77. The molecular formula is C25H30FN5O. The molecule has 0 aromatic heterocycles. The van der Waals surface area contributed by atoms with Gasteiger partial charge in [0.05, 0.1) is 11.6 Å². The van der Waals surface area contributed by atoms with E-state index in [1.807, 2.05) is 24.3 Å². The number of nitrogens with zero attached hydrogens (tertiary/aromatic N) is 2. The van der Waals surface area contributed by atoms with Crippen molar-refractivity contribution >= 4 is 17.4 Å². The van der Waals surface area contributed by atoms with Gasteiger partial charge in [-0.1, -0.05) is 12.8 Å². The second-order valence-corrected chi connectivity index (χ2v) is 8.71. The van der Waals surface area contributed by atoms with Crippen LogP contribution in [0.3, 0.4) is 0 Å². The van der Waals surface area contributed by atoms with Crippen LogP contribution in [0.5, 0.6) is 0 Å². The van der Waals surface area contributed by atoms with Crippen LogP contribution in [-0.2, 0) is 0 Å². The predicted molar refractivity (Wildman–Crippen MR) is 124 cm³/mol. The molecule has 32 heavy (non-hydrogen) atoms. The smallest absolute Gasteiger partial charge is 0.319 e. The van der Waals surface area contributed by atoms with Crippen molar-refractivity contribution in [3.63, 3.8) is 0 Å². The molecule has 2 amide bonds. The molecule has 3 N–H and O–H groups in total. The molecule has 7 heteroatoms. The summed E-state index contributed by atoms with van der Waals surface area (Å²) in [7, 11) is 0. The second kappa shape index (κ2) is 10.5. The average Bonchev–Trinajstić information content (AvgIpc) is 2.82. The summed E-state index contributed by atoms with van der Waals surface area (Å²) in [5.41, 5.74) is 2.40. The van der Waals surface area contributed by atoms with Gasteiger partial charge in [-0.15, -0.1) is 0 Å². The van der Waals surface area contributed by atoms with Crippen LogP contribution in [0.25, 0.3) is 0 Å². The van der Waals surface area contributed by atoms with Crippen LogP contribution < -0.4 is 20.9 Å². The van der Waals surface area contributed by atoms with Gasteiger partial charge >= 0.3 is 6.03 Å². The first-order valence-electron chi connectivity index (χ1n) is 11.4. The first kappa shape index (κ1) is 22.1. The Balaban J connectivity index is 1.33. The number of amides is 2. The Bertz CT molecular complexity index is 940. The molecule has 2 aromatic carbocycles. The van der Waals surface area contributed by atoms with Gasteiger partial charge in [-0.3, -0.25) is 0 Å². The van der Waals surface area contributed by atoms with Crippen molar-refractivity contribution in [2.75, 3.05) is 23.3 Å². The van der Waals surface area contributed by atoms with Crippen LogP contribution in [0.1, 0.15) is 44.1 Å². The van der Waals surface area contributed by atoms with Gasteiger partial charge in [0.2, 0.25) is 0 Å². The van der Waals surface area contributed by atoms with E-state index in [4.69, 9.17) is 5.26 Å². The van der Waals surface area contributed by atoms with E-state index in [1.165, 1.54) is 12.1 Å². The normalized spacial score (nSPS) is 23.2. The van der Waals surface area contributed by atoms with Crippen molar-refractivity contribution in [3.8, 4) is 6.07 Å². The van der Waals surface area contributed by atoms with Crippen molar-refractivity contribution in [2.45, 2.75) is 56.7 Å². The third kappa shape index (κ3) is 5.77. The highest BCUT2D eigenvalue weighted by molar-refractivity contribution is 5.89. The summed E-state index contributed by atoms with van der Waals surface area (Å²) in [6, 6.07) is 16.1. The number of piperidine rings is 1. The maximum absolute atomic E-state index is 13.1. The number of nitriles is 1. The van der Waals surface area contributed by atoms with Gasteiger partial charge in [-0.25, -0.2) is 9.18 Å². The minimum absolute atomic E-state index is 0.0643. The molecule has 1 saturated heterocycles. The SMILES string of the molecule is N#Cc1ccc(N2CCCC(N[C@@H]3CCCC[C@H]3NC(=O)Nc3ccc(F)cc3)C2)cc1. The molecule has 0 radical (unpaired) electrons. The summed E-state index contributed by atoms with van der Waals surface area (Å²) in [6.07, 6.45) is 6.45. The van der Waals surface area contributed by atoms with Crippen LogP contribution in [0.15, 0.2) is 48.5 Å². The molecule has 4 rings (SSSR count). The second-order valence-electron chi connectivity index (χ2n) is 8.71. The third-order valence-electron chi connectivity index (χ3n) is 6.42. The van der Waals surface area contributed by atoms with Crippen LogP contribution in [-0.4, -0.2) is 37.2 Å². The topological polar surface area (TPSA) is 80.2 Å². The third-order valence-corrected chi connectivity index (χ3v) is 6.42. The quantitative estimate of drug-likeness (QED) is 0.651. The predicted octanol–water partition coefficient (Wildman–Crippen LogP) is 4.39. The Morgan fingerprint density at radius 1 is 0.969 bits per heavy atom. The molecule has 2 aromatic rings. The molecule has 0 spiro atoms. The number of halogens is 1. The maximum atomic E-state index is 13.1. The monoisotopic (exact) mass is 435 g/mol. The standard InChI is InChI=1S/C25H30FN5O/c26-19-9-11-20(12-10-19)29-25(32)30-24-6-2-1-5-23(24)28-21-4-3-15-31(17-21)22-13-7-18(16-27)8-14-22/h7-14,21,23-24,28H,1-6,15,17H2,(H2,29,30,32)/t21?,23-,24-/m1/s1. The summed E-state index contributed by atoms with van der Waals surface area (Å²) < 4.78 is 13.1. The van der Waals surface area contributed by atoms with Crippen LogP contribution in [0, 0.1) is 17.1 Å². The number of carbonyl (C=O) groups is 1. The number of hydrogen-bond donors (Lipinski definition) is 3. The van der Waals surface area contributed by atoms with Gasteiger partial charge < -0.3 is 20.9 Å². The van der Waals surface area contributed by atoms with E-state index >= 15 is 0 Å². The van der Waals surface area contributed by atoms with Gasteiger partial charge in [-0.05, 0) is 74.2 Å². The Morgan fingerprint density at radius 2 is 1.69 bits per heavy atom. The van der Waals surface area contributed by atoms with E-state index < -0.39 is 0 Å².